The fourth-order valence-corrected chi connectivity index (χ4v) is 3.47. The predicted molar refractivity (Wildman–Crippen MR) is 110 cm³/mol. The first-order valence-corrected chi connectivity index (χ1v) is 10.1. The Morgan fingerprint density at radius 2 is 1.90 bits per heavy atom. The lowest BCUT2D eigenvalue weighted by Gasteiger charge is -2.12. The number of thioether (sulfide) groups is 1. The third-order valence-electron chi connectivity index (χ3n) is 4.18. The van der Waals surface area contributed by atoms with Crippen LogP contribution in [-0.4, -0.2) is 21.9 Å². The standard InChI is InChI=1S/C21H22FN3O3S/c1-12-9-13(2)19(14(3)10-12)23-18(26)11-29-21-25-24-20(28-21)15(4)27-17-8-6-5-7-16(17)22/h5-10,15H,11H2,1-4H3,(H,23,26)/t15-/m0/s1. The Morgan fingerprint density at radius 1 is 1.21 bits per heavy atom. The first-order chi connectivity index (χ1) is 13.8. The fourth-order valence-electron chi connectivity index (χ4n) is 2.90. The topological polar surface area (TPSA) is 77.2 Å². The van der Waals surface area contributed by atoms with E-state index in [1.165, 1.54) is 12.1 Å². The van der Waals surface area contributed by atoms with Gasteiger partial charge < -0.3 is 14.5 Å². The van der Waals surface area contributed by atoms with Crippen LogP contribution in [0, 0.1) is 26.6 Å². The van der Waals surface area contributed by atoms with Crippen molar-refractivity contribution >= 4 is 23.4 Å². The van der Waals surface area contributed by atoms with E-state index in [4.69, 9.17) is 9.15 Å². The molecule has 0 unspecified atom stereocenters. The molecule has 0 aliphatic heterocycles. The molecule has 1 heterocycles. The number of aryl methyl sites for hydroxylation is 3. The molecule has 0 aliphatic carbocycles. The smallest absolute Gasteiger partial charge is 0.277 e. The predicted octanol–water partition coefficient (Wildman–Crippen LogP) is 5.00. The van der Waals surface area contributed by atoms with Gasteiger partial charge in [0.25, 0.3) is 11.1 Å². The first-order valence-electron chi connectivity index (χ1n) is 9.08. The van der Waals surface area contributed by atoms with Crippen LogP contribution in [0.4, 0.5) is 10.1 Å². The fraction of sp³-hybridized carbons (Fsp3) is 0.286. The number of benzene rings is 2. The number of hydrogen-bond donors (Lipinski definition) is 1. The number of halogens is 1. The summed E-state index contributed by atoms with van der Waals surface area (Å²) in [6.07, 6.45) is -0.625. The summed E-state index contributed by atoms with van der Waals surface area (Å²) in [7, 11) is 0. The maximum Gasteiger partial charge on any atom is 0.277 e. The lowest BCUT2D eigenvalue weighted by Crippen LogP contribution is -2.15. The van der Waals surface area contributed by atoms with Gasteiger partial charge in [-0.05, 0) is 51.0 Å². The summed E-state index contributed by atoms with van der Waals surface area (Å²) < 4.78 is 24.8. The summed E-state index contributed by atoms with van der Waals surface area (Å²) in [6, 6.07) is 10.1. The molecule has 2 aromatic carbocycles. The monoisotopic (exact) mass is 415 g/mol. The van der Waals surface area contributed by atoms with Gasteiger partial charge in [-0.2, -0.15) is 0 Å². The number of nitrogens with zero attached hydrogens (tertiary/aromatic N) is 2. The number of carbonyl (C=O) groups excluding carboxylic acids is 1. The number of para-hydroxylation sites is 1. The van der Waals surface area contributed by atoms with Crippen LogP contribution in [0.25, 0.3) is 0 Å². The zero-order chi connectivity index (χ0) is 21.0. The zero-order valence-electron chi connectivity index (χ0n) is 16.7. The molecule has 29 heavy (non-hydrogen) atoms. The van der Waals surface area contributed by atoms with Crippen molar-refractivity contribution in [2.24, 2.45) is 0 Å². The average Bonchev–Trinajstić information content (AvgIpc) is 3.14. The van der Waals surface area contributed by atoms with Crippen molar-refractivity contribution < 1.29 is 18.3 Å². The molecule has 1 N–H and O–H groups in total. The van der Waals surface area contributed by atoms with E-state index in [9.17, 15) is 9.18 Å². The summed E-state index contributed by atoms with van der Waals surface area (Å²) in [4.78, 5) is 12.3. The molecule has 0 spiro atoms. The van der Waals surface area contributed by atoms with E-state index in [2.05, 4.69) is 15.5 Å². The van der Waals surface area contributed by atoms with Crippen molar-refractivity contribution in [3.05, 3.63) is 64.8 Å². The molecule has 3 rings (SSSR count). The van der Waals surface area contributed by atoms with Crippen LogP contribution >= 0.6 is 11.8 Å². The van der Waals surface area contributed by atoms with E-state index in [0.717, 1.165) is 34.1 Å². The Labute approximate surface area is 172 Å². The van der Waals surface area contributed by atoms with E-state index < -0.39 is 11.9 Å². The number of carbonyl (C=O) groups is 1. The quantitative estimate of drug-likeness (QED) is 0.547. The molecule has 0 saturated carbocycles. The van der Waals surface area contributed by atoms with Crippen LogP contribution in [0.5, 0.6) is 5.75 Å². The summed E-state index contributed by atoms with van der Waals surface area (Å²) >= 11 is 1.13. The molecule has 1 atom stereocenters. The molecule has 3 aromatic rings. The number of nitrogens with one attached hydrogen (secondary N) is 1. The van der Waals surface area contributed by atoms with Gasteiger partial charge in [-0.15, -0.1) is 10.2 Å². The number of anilines is 1. The number of hydrogen-bond acceptors (Lipinski definition) is 6. The Kier molecular flexibility index (Phi) is 6.53. The highest BCUT2D eigenvalue weighted by Gasteiger charge is 2.18. The average molecular weight is 415 g/mol. The van der Waals surface area contributed by atoms with Gasteiger partial charge in [-0.3, -0.25) is 4.79 Å². The molecule has 0 bridgehead atoms. The number of aromatic nitrogens is 2. The van der Waals surface area contributed by atoms with Crippen molar-refractivity contribution in [1.29, 1.82) is 0 Å². The second-order valence-corrected chi connectivity index (χ2v) is 7.63. The van der Waals surface area contributed by atoms with Crippen LogP contribution in [0.3, 0.4) is 0 Å². The van der Waals surface area contributed by atoms with Gasteiger partial charge in [0.1, 0.15) is 0 Å². The minimum atomic E-state index is -0.625. The third kappa shape index (κ3) is 5.35. The van der Waals surface area contributed by atoms with Crippen molar-refractivity contribution in [2.75, 3.05) is 11.1 Å². The Balaban J connectivity index is 1.56. The highest BCUT2D eigenvalue weighted by molar-refractivity contribution is 7.99. The Hall–Kier alpha value is -2.87. The molecule has 0 radical (unpaired) electrons. The van der Waals surface area contributed by atoms with Gasteiger partial charge in [0.2, 0.25) is 5.91 Å². The largest absolute Gasteiger partial charge is 0.478 e. The zero-order valence-corrected chi connectivity index (χ0v) is 17.5. The van der Waals surface area contributed by atoms with Crippen molar-refractivity contribution in [3.63, 3.8) is 0 Å². The normalized spacial score (nSPS) is 11.9. The van der Waals surface area contributed by atoms with Gasteiger partial charge in [-0.25, -0.2) is 4.39 Å². The molecule has 8 heteroatoms. The molecule has 0 saturated heterocycles. The molecule has 0 aliphatic rings. The Morgan fingerprint density at radius 3 is 2.59 bits per heavy atom. The molecule has 6 nitrogen and oxygen atoms in total. The van der Waals surface area contributed by atoms with Crippen LogP contribution in [0.15, 0.2) is 46.0 Å². The molecule has 0 fully saturated rings. The van der Waals surface area contributed by atoms with Crippen LogP contribution < -0.4 is 10.1 Å². The van der Waals surface area contributed by atoms with Crippen LogP contribution in [0.2, 0.25) is 0 Å². The molecule has 152 valence electrons. The summed E-state index contributed by atoms with van der Waals surface area (Å²) in [5.41, 5.74) is 4.00. The molecular formula is C21H22FN3O3S. The molecular weight excluding hydrogens is 393 g/mol. The summed E-state index contributed by atoms with van der Waals surface area (Å²) in [5.74, 6) is -0.194. The van der Waals surface area contributed by atoms with Crippen molar-refractivity contribution in [2.45, 2.75) is 39.0 Å². The van der Waals surface area contributed by atoms with Gasteiger partial charge in [0.05, 0.1) is 5.75 Å². The van der Waals surface area contributed by atoms with Gasteiger partial charge >= 0.3 is 0 Å². The summed E-state index contributed by atoms with van der Waals surface area (Å²) in [5, 5.41) is 11.0. The van der Waals surface area contributed by atoms with E-state index in [-0.39, 0.29) is 28.5 Å². The van der Waals surface area contributed by atoms with Gasteiger partial charge in [-0.1, -0.05) is 41.6 Å². The van der Waals surface area contributed by atoms with Crippen LogP contribution in [-0.2, 0) is 4.79 Å². The lowest BCUT2D eigenvalue weighted by atomic mass is 10.1. The van der Waals surface area contributed by atoms with E-state index >= 15 is 0 Å². The highest BCUT2D eigenvalue weighted by atomic mass is 32.2. The van der Waals surface area contributed by atoms with Crippen molar-refractivity contribution in [1.82, 2.24) is 10.2 Å². The van der Waals surface area contributed by atoms with Gasteiger partial charge in [0.15, 0.2) is 17.7 Å². The summed E-state index contributed by atoms with van der Waals surface area (Å²) in [6.45, 7) is 7.63. The number of rotatable bonds is 7. The number of ether oxygens (including phenoxy) is 1. The SMILES string of the molecule is Cc1cc(C)c(NC(=O)CSc2nnc([C@H](C)Oc3ccccc3F)o2)c(C)c1. The second-order valence-electron chi connectivity index (χ2n) is 6.71. The maximum absolute atomic E-state index is 13.7. The highest BCUT2D eigenvalue weighted by Crippen LogP contribution is 2.26. The maximum atomic E-state index is 13.7. The van der Waals surface area contributed by atoms with Crippen LogP contribution in [0.1, 0.15) is 35.6 Å². The Bertz CT molecular complexity index is 999. The molecule has 1 amide bonds. The minimum Gasteiger partial charge on any atom is -0.478 e. The molecule has 1 aromatic heterocycles. The minimum absolute atomic E-state index is 0.107. The first kappa shape index (κ1) is 20.9. The van der Waals surface area contributed by atoms with Gasteiger partial charge in [0, 0.05) is 5.69 Å². The van der Waals surface area contributed by atoms with Crippen molar-refractivity contribution in [3.8, 4) is 5.75 Å². The third-order valence-corrected chi connectivity index (χ3v) is 5.00. The lowest BCUT2D eigenvalue weighted by molar-refractivity contribution is -0.113. The second kappa shape index (κ2) is 9.09. The number of amides is 1. The van der Waals surface area contributed by atoms with E-state index in [0.29, 0.717) is 0 Å². The van der Waals surface area contributed by atoms with E-state index in [1.54, 1.807) is 19.1 Å². The van der Waals surface area contributed by atoms with E-state index in [1.807, 2.05) is 32.9 Å².